The van der Waals surface area contributed by atoms with Crippen LogP contribution in [0.1, 0.15) is 38.3 Å². The molecule has 1 aromatic heterocycles. The number of amides is 1. The van der Waals surface area contributed by atoms with Crippen LogP contribution in [0, 0.1) is 30.9 Å². The highest BCUT2D eigenvalue weighted by Gasteiger charge is 2.29. The number of rotatable bonds is 4. The Morgan fingerprint density at radius 1 is 1.13 bits per heavy atom. The number of benzene rings is 2. The maximum Gasteiger partial charge on any atom is 0.273 e. The van der Waals surface area contributed by atoms with Gasteiger partial charge in [-0.25, -0.2) is 4.68 Å². The molecular formula is C21H20N4O4S. The van der Waals surface area contributed by atoms with Crippen molar-refractivity contribution < 1.29 is 13.9 Å². The second-order valence-electron chi connectivity index (χ2n) is 7.29. The summed E-state index contributed by atoms with van der Waals surface area (Å²) in [6.07, 6.45) is 0. The highest BCUT2D eigenvalue weighted by molar-refractivity contribution is 7.83. The highest BCUT2D eigenvalue weighted by atomic mass is 32.2. The van der Waals surface area contributed by atoms with Crippen molar-refractivity contribution in [3.05, 3.63) is 80.0 Å². The predicted molar refractivity (Wildman–Crippen MR) is 114 cm³/mol. The number of fused-ring (bicyclic) bond motifs is 1. The first-order valence-electron chi connectivity index (χ1n) is 9.35. The summed E-state index contributed by atoms with van der Waals surface area (Å²) in [6, 6.07) is 10.2. The van der Waals surface area contributed by atoms with Gasteiger partial charge in [0.25, 0.3) is 11.6 Å². The fourth-order valence-electron chi connectivity index (χ4n) is 3.64. The lowest BCUT2D eigenvalue weighted by atomic mass is 10.1. The number of anilines is 1. The van der Waals surface area contributed by atoms with Gasteiger partial charge in [-0.3, -0.25) is 19.1 Å². The van der Waals surface area contributed by atoms with Gasteiger partial charge in [0.1, 0.15) is 5.82 Å². The van der Waals surface area contributed by atoms with Gasteiger partial charge in [0.15, 0.2) is 0 Å². The first kappa shape index (κ1) is 20.0. The van der Waals surface area contributed by atoms with E-state index in [1.165, 1.54) is 12.1 Å². The van der Waals surface area contributed by atoms with Gasteiger partial charge >= 0.3 is 0 Å². The molecule has 0 bridgehead atoms. The number of aryl methyl sites for hydroxylation is 1. The smallest absolute Gasteiger partial charge is 0.273 e. The number of nitro groups is 1. The SMILES string of the molecule is Cc1cccc(-n2nc3c(c2NC(=O)c2cccc([N+](=O)[O-])c2C)C[S@@](=O)C3)c1C. The summed E-state index contributed by atoms with van der Waals surface area (Å²) in [5.41, 5.74) is 4.74. The standard InChI is InChI=1S/C21H20N4O4S/c1-12-6-4-8-18(13(12)2)24-20(16-10-30(29)11-17(16)23-24)22-21(26)15-7-5-9-19(14(15)3)25(27)28/h4-9H,10-11H2,1-3H3,(H,22,26)/t30-/m1/s1. The van der Waals surface area contributed by atoms with E-state index < -0.39 is 21.6 Å². The Bertz CT molecular complexity index is 1230. The molecule has 0 unspecified atom stereocenters. The molecule has 2 heterocycles. The maximum absolute atomic E-state index is 13.1. The zero-order valence-corrected chi connectivity index (χ0v) is 17.6. The van der Waals surface area contributed by atoms with E-state index in [1.54, 1.807) is 17.7 Å². The molecule has 1 atom stereocenters. The number of hydrogen-bond donors (Lipinski definition) is 1. The van der Waals surface area contributed by atoms with Crippen molar-refractivity contribution in [2.24, 2.45) is 0 Å². The van der Waals surface area contributed by atoms with Crippen molar-refractivity contribution in [3.8, 4) is 5.69 Å². The third-order valence-electron chi connectivity index (χ3n) is 5.45. The van der Waals surface area contributed by atoms with Crippen LogP contribution in [0.25, 0.3) is 5.69 Å². The average Bonchev–Trinajstić information content (AvgIpc) is 3.20. The van der Waals surface area contributed by atoms with Gasteiger partial charge in [-0.15, -0.1) is 0 Å². The first-order chi connectivity index (χ1) is 14.3. The van der Waals surface area contributed by atoms with E-state index in [0.717, 1.165) is 22.4 Å². The quantitative estimate of drug-likeness (QED) is 0.507. The summed E-state index contributed by atoms with van der Waals surface area (Å²) in [5, 5.41) is 18.8. The maximum atomic E-state index is 13.1. The third-order valence-corrected chi connectivity index (χ3v) is 6.66. The number of nitro benzene ring substituents is 1. The first-order valence-corrected chi connectivity index (χ1v) is 10.8. The van der Waals surface area contributed by atoms with Gasteiger partial charge in [0, 0.05) is 33.6 Å². The van der Waals surface area contributed by atoms with Crippen LogP contribution in [0.4, 0.5) is 11.5 Å². The summed E-state index contributed by atoms with van der Waals surface area (Å²) >= 11 is 0. The minimum absolute atomic E-state index is 0.114. The largest absolute Gasteiger partial charge is 0.306 e. The Morgan fingerprint density at radius 3 is 2.60 bits per heavy atom. The monoisotopic (exact) mass is 424 g/mol. The van der Waals surface area contributed by atoms with Gasteiger partial charge in [-0.05, 0) is 44.0 Å². The third kappa shape index (κ3) is 3.30. The van der Waals surface area contributed by atoms with E-state index in [0.29, 0.717) is 23.0 Å². The van der Waals surface area contributed by atoms with Gasteiger partial charge in [-0.1, -0.05) is 18.2 Å². The molecule has 9 heteroatoms. The van der Waals surface area contributed by atoms with Crippen molar-refractivity contribution >= 4 is 28.2 Å². The van der Waals surface area contributed by atoms with Gasteiger partial charge in [0.05, 0.1) is 27.8 Å². The van der Waals surface area contributed by atoms with Gasteiger partial charge in [-0.2, -0.15) is 5.10 Å². The molecule has 0 saturated carbocycles. The Balaban J connectivity index is 1.81. The van der Waals surface area contributed by atoms with E-state index in [-0.39, 0.29) is 16.8 Å². The molecule has 8 nitrogen and oxygen atoms in total. The Morgan fingerprint density at radius 2 is 1.87 bits per heavy atom. The lowest BCUT2D eigenvalue weighted by Crippen LogP contribution is -2.18. The molecule has 2 aromatic carbocycles. The van der Waals surface area contributed by atoms with Crippen molar-refractivity contribution in [3.63, 3.8) is 0 Å². The van der Waals surface area contributed by atoms with Crippen molar-refractivity contribution in [2.45, 2.75) is 32.3 Å². The molecule has 0 radical (unpaired) electrons. The van der Waals surface area contributed by atoms with Crippen LogP contribution in [-0.4, -0.2) is 24.8 Å². The molecule has 0 saturated heterocycles. The minimum Gasteiger partial charge on any atom is -0.306 e. The molecule has 1 aliphatic rings. The van der Waals surface area contributed by atoms with E-state index in [1.807, 2.05) is 32.0 Å². The molecular weight excluding hydrogens is 404 g/mol. The molecule has 1 N–H and O–H groups in total. The highest BCUT2D eigenvalue weighted by Crippen LogP contribution is 2.33. The second kappa shape index (κ2) is 7.49. The molecule has 0 spiro atoms. The van der Waals surface area contributed by atoms with E-state index in [9.17, 15) is 19.1 Å². The second-order valence-corrected chi connectivity index (χ2v) is 8.75. The van der Waals surface area contributed by atoms with Crippen LogP contribution in [0.3, 0.4) is 0 Å². The Kier molecular flexibility index (Phi) is 4.98. The molecule has 4 rings (SSSR count). The number of carbonyl (C=O) groups excluding carboxylic acids is 1. The summed E-state index contributed by atoms with van der Waals surface area (Å²) in [7, 11) is -1.06. The normalized spacial score (nSPS) is 15.1. The number of aromatic nitrogens is 2. The lowest BCUT2D eigenvalue weighted by Gasteiger charge is -2.15. The molecule has 30 heavy (non-hydrogen) atoms. The minimum atomic E-state index is -1.06. The zero-order valence-electron chi connectivity index (χ0n) is 16.8. The fourth-order valence-corrected chi connectivity index (χ4v) is 4.90. The fraction of sp³-hybridized carbons (Fsp3) is 0.238. The number of carbonyl (C=O) groups is 1. The number of hydrogen-bond acceptors (Lipinski definition) is 5. The zero-order chi connectivity index (χ0) is 21.6. The predicted octanol–water partition coefficient (Wildman–Crippen LogP) is 3.72. The topological polar surface area (TPSA) is 107 Å². The van der Waals surface area contributed by atoms with Crippen LogP contribution in [0.2, 0.25) is 0 Å². The summed E-state index contributed by atoms with van der Waals surface area (Å²) < 4.78 is 13.8. The Hall–Kier alpha value is -3.33. The van der Waals surface area contributed by atoms with Crippen LogP contribution in [-0.2, 0) is 22.3 Å². The summed E-state index contributed by atoms with van der Waals surface area (Å²) in [5.74, 6) is 0.638. The molecule has 0 fully saturated rings. The van der Waals surface area contributed by atoms with Crippen LogP contribution >= 0.6 is 0 Å². The van der Waals surface area contributed by atoms with Crippen LogP contribution in [0.5, 0.6) is 0 Å². The Labute approximate surface area is 175 Å². The molecule has 0 aliphatic carbocycles. The molecule has 1 amide bonds. The average molecular weight is 424 g/mol. The number of nitrogens with zero attached hydrogens (tertiary/aromatic N) is 3. The summed E-state index contributed by atoms with van der Waals surface area (Å²) in [6.45, 7) is 5.52. The van der Waals surface area contributed by atoms with Gasteiger partial charge in [0.2, 0.25) is 0 Å². The molecule has 3 aromatic rings. The van der Waals surface area contributed by atoms with E-state index >= 15 is 0 Å². The van der Waals surface area contributed by atoms with Crippen molar-refractivity contribution in [2.75, 3.05) is 5.32 Å². The van der Waals surface area contributed by atoms with Crippen LogP contribution in [0.15, 0.2) is 36.4 Å². The van der Waals surface area contributed by atoms with Crippen molar-refractivity contribution in [1.29, 1.82) is 0 Å². The van der Waals surface area contributed by atoms with Crippen LogP contribution < -0.4 is 5.32 Å². The lowest BCUT2D eigenvalue weighted by molar-refractivity contribution is -0.385. The summed E-state index contributed by atoms with van der Waals surface area (Å²) in [4.78, 5) is 23.8. The molecule has 154 valence electrons. The molecule has 1 aliphatic heterocycles. The van der Waals surface area contributed by atoms with E-state index in [2.05, 4.69) is 10.4 Å². The van der Waals surface area contributed by atoms with E-state index in [4.69, 9.17) is 0 Å². The number of nitrogens with one attached hydrogen (secondary N) is 1. The van der Waals surface area contributed by atoms with Crippen molar-refractivity contribution in [1.82, 2.24) is 9.78 Å². The van der Waals surface area contributed by atoms with Gasteiger partial charge < -0.3 is 5.32 Å².